The predicted octanol–water partition coefficient (Wildman–Crippen LogP) is 1.40. The zero-order valence-electron chi connectivity index (χ0n) is 13.9. The van der Waals surface area contributed by atoms with Crippen molar-refractivity contribution >= 4 is 23.3 Å². The van der Waals surface area contributed by atoms with Gasteiger partial charge in [0.1, 0.15) is 11.6 Å². The van der Waals surface area contributed by atoms with E-state index in [-0.39, 0.29) is 24.5 Å². The first-order valence-electron chi connectivity index (χ1n) is 7.75. The first-order valence-corrected chi connectivity index (χ1v) is 8.63. The molecule has 1 fully saturated rings. The van der Waals surface area contributed by atoms with E-state index in [1.54, 1.807) is 16.9 Å². The van der Waals surface area contributed by atoms with Crippen LogP contribution in [0.5, 0.6) is 0 Å². The average Bonchev–Trinajstić information content (AvgIpc) is 2.86. The molecule has 128 valence electrons. The fourth-order valence-corrected chi connectivity index (χ4v) is 3.24. The van der Waals surface area contributed by atoms with Gasteiger partial charge in [0.25, 0.3) is 0 Å². The molecule has 0 aliphatic carbocycles. The topological polar surface area (TPSA) is 74.8 Å². The molecule has 2 heterocycles. The van der Waals surface area contributed by atoms with Crippen molar-refractivity contribution in [3.63, 3.8) is 0 Å². The number of aromatic nitrogens is 1. The number of aryl methyl sites for hydroxylation is 1. The van der Waals surface area contributed by atoms with Gasteiger partial charge in [-0.3, -0.25) is 4.79 Å². The highest BCUT2D eigenvalue weighted by Crippen LogP contribution is 2.18. The van der Waals surface area contributed by atoms with Crippen LogP contribution in [0.1, 0.15) is 30.1 Å². The van der Waals surface area contributed by atoms with Crippen LogP contribution in [0.2, 0.25) is 0 Å². The number of nitrogens with one attached hydrogen (secondary N) is 1. The third-order valence-corrected chi connectivity index (χ3v) is 4.88. The summed E-state index contributed by atoms with van der Waals surface area (Å²) in [6.07, 6.45) is 0.771. The molecule has 2 rings (SSSR count). The summed E-state index contributed by atoms with van der Waals surface area (Å²) >= 11 is 1.53. The number of thiazole rings is 1. The number of rotatable bonds is 5. The zero-order valence-corrected chi connectivity index (χ0v) is 14.7. The highest BCUT2D eigenvalue weighted by molar-refractivity contribution is 7.09. The van der Waals surface area contributed by atoms with E-state index < -0.39 is 0 Å². The first kappa shape index (κ1) is 17.7. The lowest BCUT2D eigenvalue weighted by atomic mass is 10.3. The number of carbonyl (C=O) groups is 2. The van der Waals surface area contributed by atoms with Gasteiger partial charge in [-0.25, -0.2) is 9.78 Å². The Bertz CT molecular complexity index is 549. The lowest BCUT2D eigenvalue weighted by Crippen LogP contribution is -2.45. The van der Waals surface area contributed by atoms with Crippen molar-refractivity contribution in [2.24, 2.45) is 0 Å². The fourth-order valence-electron chi connectivity index (χ4n) is 2.44. The smallest absolute Gasteiger partial charge is 0.318 e. The predicted molar refractivity (Wildman–Crippen MR) is 88.4 cm³/mol. The van der Waals surface area contributed by atoms with Crippen molar-refractivity contribution in [3.8, 4) is 0 Å². The Hall–Kier alpha value is -1.67. The monoisotopic (exact) mass is 340 g/mol. The van der Waals surface area contributed by atoms with E-state index in [4.69, 9.17) is 4.74 Å². The third kappa shape index (κ3) is 4.90. The summed E-state index contributed by atoms with van der Waals surface area (Å²) in [7, 11) is 1.61. The van der Waals surface area contributed by atoms with E-state index in [2.05, 4.69) is 10.3 Å². The van der Waals surface area contributed by atoms with Gasteiger partial charge < -0.3 is 19.9 Å². The molecule has 1 aromatic heterocycles. The minimum atomic E-state index is -0.215. The van der Waals surface area contributed by atoms with Crippen molar-refractivity contribution in [1.29, 1.82) is 0 Å². The molecule has 1 saturated heterocycles. The molecular formula is C15H24N4O3S. The molecule has 1 N–H and O–H groups in total. The fraction of sp³-hybridized carbons (Fsp3) is 0.667. The summed E-state index contributed by atoms with van der Waals surface area (Å²) in [4.78, 5) is 32.4. The van der Waals surface area contributed by atoms with E-state index in [0.29, 0.717) is 26.2 Å². The van der Waals surface area contributed by atoms with Crippen molar-refractivity contribution in [2.75, 3.05) is 39.9 Å². The summed E-state index contributed by atoms with van der Waals surface area (Å²) in [5, 5.41) is 5.76. The van der Waals surface area contributed by atoms with E-state index >= 15 is 0 Å². The normalized spacial score (nSPS) is 17.1. The highest BCUT2D eigenvalue weighted by Gasteiger charge is 2.25. The van der Waals surface area contributed by atoms with Crippen LogP contribution in [-0.4, -0.2) is 66.6 Å². The highest BCUT2D eigenvalue weighted by atomic mass is 32.1. The van der Waals surface area contributed by atoms with Gasteiger partial charge in [0, 0.05) is 37.8 Å². The summed E-state index contributed by atoms with van der Waals surface area (Å²) in [6, 6.07) is -0.378. The number of amides is 3. The Morgan fingerprint density at radius 1 is 1.52 bits per heavy atom. The van der Waals surface area contributed by atoms with Gasteiger partial charge in [-0.2, -0.15) is 0 Å². The van der Waals surface area contributed by atoms with Crippen LogP contribution in [0.4, 0.5) is 4.79 Å². The molecular weight excluding hydrogens is 316 g/mol. The van der Waals surface area contributed by atoms with E-state index in [0.717, 1.165) is 17.1 Å². The Morgan fingerprint density at radius 3 is 2.96 bits per heavy atom. The quantitative estimate of drug-likeness (QED) is 0.879. The number of carbonyl (C=O) groups excluding carboxylic acids is 2. The van der Waals surface area contributed by atoms with Gasteiger partial charge in [-0.05, 0) is 20.3 Å². The first-order chi connectivity index (χ1) is 11.0. The lowest BCUT2D eigenvalue weighted by Gasteiger charge is -2.23. The molecule has 1 aliphatic rings. The third-order valence-electron chi connectivity index (χ3n) is 3.73. The Kier molecular flexibility index (Phi) is 6.35. The van der Waals surface area contributed by atoms with Gasteiger partial charge in [-0.15, -0.1) is 11.3 Å². The maximum atomic E-state index is 12.4. The zero-order chi connectivity index (χ0) is 16.8. The second-order valence-corrected chi connectivity index (χ2v) is 6.54. The molecule has 1 aromatic rings. The van der Waals surface area contributed by atoms with E-state index in [1.807, 2.05) is 19.2 Å². The molecule has 0 radical (unpaired) electrons. The van der Waals surface area contributed by atoms with Crippen LogP contribution >= 0.6 is 11.3 Å². The maximum Gasteiger partial charge on any atom is 0.318 e. The Labute approximate surface area is 140 Å². The van der Waals surface area contributed by atoms with Crippen LogP contribution in [-0.2, 0) is 9.53 Å². The number of urea groups is 1. The van der Waals surface area contributed by atoms with Gasteiger partial charge >= 0.3 is 6.03 Å². The lowest BCUT2D eigenvalue weighted by molar-refractivity contribution is -0.131. The molecule has 0 aromatic carbocycles. The molecule has 7 nitrogen and oxygen atoms in total. The standard InChI is InChI=1S/C15H24N4O3S/c1-11-10-23-14(16-11)12(2)17-15(21)19-6-4-5-18(7-8-22-3)13(20)9-19/h10,12H,4-9H2,1-3H3,(H,17,21)/t12-/m1/s1. The molecule has 1 aliphatic heterocycles. The molecule has 3 amide bonds. The van der Waals surface area contributed by atoms with Gasteiger partial charge in [-0.1, -0.05) is 0 Å². The summed E-state index contributed by atoms with van der Waals surface area (Å²) < 4.78 is 5.02. The molecule has 1 atom stereocenters. The van der Waals surface area contributed by atoms with Crippen LogP contribution in [0.3, 0.4) is 0 Å². The molecule has 0 unspecified atom stereocenters. The summed E-state index contributed by atoms with van der Waals surface area (Å²) in [5.41, 5.74) is 0.949. The molecule has 23 heavy (non-hydrogen) atoms. The van der Waals surface area contributed by atoms with Crippen molar-refractivity contribution in [3.05, 3.63) is 16.1 Å². The summed E-state index contributed by atoms with van der Waals surface area (Å²) in [6.45, 7) is 6.26. The van der Waals surface area contributed by atoms with Gasteiger partial charge in [0.2, 0.25) is 5.91 Å². The second kappa shape index (κ2) is 8.26. The van der Waals surface area contributed by atoms with Crippen molar-refractivity contribution in [2.45, 2.75) is 26.3 Å². The number of ether oxygens (including phenoxy) is 1. The molecule has 8 heteroatoms. The molecule has 0 saturated carbocycles. The second-order valence-electron chi connectivity index (χ2n) is 5.65. The molecule has 0 spiro atoms. The average molecular weight is 340 g/mol. The molecule has 0 bridgehead atoms. The minimum absolute atomic E-state index is 0.0348. The van der Waals surface area contributed by atoms with Crippen molar-refractivity contribution in [1.82, 2.24) is 20.1 Å². The van der Waals surface area contributed by atoms with Gasteiger partial charge in [0.05, 0.1) is 12.6 Å². The van der Waals surface area contributed by atoms with Crippen LogP contribution in [0.25, 0.3) is 0 Å². The van der Waals surface area contributed by atoms with Crippen LogP contribution in [0.15, 0.2) is 5.38 Å². The number of methoxy groups -OCH3 is 1. The SMILES string of the molecule is COCCN1CCCN(C(=O)N[C@H](C)c2nc(C)cs2)CC1=O. The largest absolute Gasteiger partial charge is 0.383 e. The van der Waals surface area contributed by atoms with Crippen LogP contribution < -0.4 is 5.32 Å². The number of nitrogens with zero attached hydrogens (tertiary/aromatic N) is 3. The Morgan fingerprint density at radius 2 is 2.30 bits per heavy atom. The number of hydrogen-bond acceptors (Lipinski definition) is 5. The minimum Gasteiger partial charge on any atom is -0.383 e. The maximum absolute atomic E-state index is 12.4. The van der Waals surface area contributed by atoms with Crippen molar-refractivity contribution < 1.29 is 14.3 Å². The van der Waals surface area contributed by atoms with Crippen LogP contribution in [0, 0.1) is 6.92 Å². The number of hydrogen-bond donors (Lipinski definition) is 1. The van der Waals surface area contributed by atoms with E-state index in [1.165, 1.54) is 11.3 Å². The van der Waals surface area contributed by atoms with Gasteiger partial charge in [0.15, 0.2) is 0 Å². The summed E-state index contributed by atoms with van der Waals surface area (Å²) in [5.74, 6) is -0.0348. The van der Waals surface area contributed by atoms with E-state index in [9.17, 15) is 9.59 Å². The Balaban J connectivity index is 1.90.